The van der Waals surface area contributed by atoms with Crippen molar-refractivity contribution in [1.82, 2.24) is 19.1 Å². The quantitative estimate of drug-likeness (QED) is 0.135. The fourth-order valence-electron chi connectivity index (χ4n) is 9.63. The summed E-state index contributed by atoms with van der Waals surface area (Å²) in [7, 11) is 0. The molecule has 0 amide bonds. The summed E-state index contributed by atoms with van der Waals surface area (Å²) in [5.74, 6) is 3.25. The van der Waals surface area contributed by atoms with E-state index in [1.54, 1.807) is 0 Å². The molecular weight excluding hydrogens is 1010 g/mol. The van der Waals surface area contributed by atoms with Crippen LogP contribution in [-0.2, 0) is 20.1 Å². The van der Waals surface area contributed by atoms with Crippen molar-refractivity contribution in [1.29, 1.82) is 0 Å². The molecule has 11 rings (SSSR count). The Morgan fingerprint density at radius 3 is 1.57 bits per heavy atom. The SMILES string of the molecule is CC(C)c1cc(-c2ccccc2)cc(C(C)C)c1-n1c(-c2[c-]ccc3c2oc2ccccc23)nc2ccccc21.CC(C)c1cccc(C(C)C)c1-n1c(-c2[c-]cccc2)nc2ccccc21.[Ir]. The molecule has 0 unspecified atom stereocenters. The number of para-hydroxylation sites is 6. The van der Waals surface area contributed by atoms with E-state index in [0.717, 1.165) is 66.8 Å². The van der Waals surface area contributed by atoms with Crippen LogP contribution in [0.1, 0.15) is 101 Å². The van der Waals surface area contributed by atoms with Gasteiger partial charge in [-0.05, 0) is 99.5 Å². The number of aromatic nitrogens is 4. The van der Waals surface area contributed by atoms with Crippen LogP contribution in [0.3, 0.4) is 0 Å². The summed E-state index contributed by atoms with van der Waals surface area (Å²) >= 11 is 0. The summed E-state index contributed by atoms with van der Waals surface area (Å²) in [4.78, 5) is 10.2. The Hall–Kier alpha value is -6.85. The van der Waals surface area contributed by atoms with Crippen molar-refractivity contribution in [3.05, 3.63) is 204 Å². The first-order chi connectivity index (χ1) is 32.6. The smallest absolute Gasteiger partial charge is 0.120 e. The van der Waals surface area contributed by atoms with Gasteiger partial charge in [0.15, 0.2) is 0 Å². The Bertz CT molecular complexity index is 3480. The first-order valence-electron chi connectivity index (χ1n) is 23.7. The zero-order valence-corrected chi connectivity index (χ0v) is 42.4. The van der Waals surface area contributed by atoms with Crippen molar-refractivity contribution < 1.29 is 24.5 Å². The second-order valence-corrected chi connectivity index (χ2v) is 18.8. The second-order valence-electron chi connectivity index (χ2n) is 18.8. The standard InChI is InChI=1S/C37H31N2O.C25H25N2.Ir/c1-23(2)30-21-26(25-13-6-5-7-14-25)22-31(24(3)4)35(30)39-33-19-10-9-18-32(33)38-37(39)29-17-12-16-28-27-15-8-11-20-34(27)40-36(28)29;1-17(2)20-13-10-14-21(18(3)4)24(20)27-23-16-9-8-15-22(23)26-25(27)19-11-6-5-7-12-19;/h5-16,18-24H,1-4H3;5-11,13-18H,1-4H3;/q2*-1;. The van der Waals surface area contributed by atoms with Crippen molar-refractivity contribution in [3.8, 4) is 45.3 Å². The average Bonchev–Trinajstić information content (AvgIpc) is 4.06. The van der Waals surface area contributed by atoms with E-state index in [9.17, 15) is 0 Å². The Balaban J connectivity index is 0.000000180. The van der Waals surface area contributed by atoms with E-state index in [0.29, 0.717) is 23.7 Å². The molecule has 8 aromatic carbocycles. The van der Waals surface area contributed by atoms with Gasteiger partial charge in [0, 0.05) is 36.9 Å². The third-order valence-corrected chi connectivity index (χ3v) is 12.9. The predicted molar refractivity (Wildman–Crippen MR) is 280 cm³/mol. The van der Waals surface area contributed by atoms with Crippen LogP contribution in [0.2, 0.25) is 0 Å². The van der Waals surface area contributed by atoms with Crippen molar-refractivity contribution in [2.24, 2.45) is 0 Å². The monoisotopic (exact) mass is 1070 g/mol. The predicted octanol–water partition coefficient (Wildman–Crippen LogP) is 17.0. The van der Waals surface area contributed by atoms with Crippen LogP contribution >= 0.6 is 0 Å². The summed E-state index contributed by atoms with van der Waals surface area (Å²) in [6.07, 6.45) is 0. The van der Waals surface area contributed by atoms with Crippen LogP contribution in [0.5, 0.6) is 0 Å². The van der Waals surface area contributed by atoms with Crippen LogP contribution in [0, 0.1) is 12.1 Å². The molecule has 0 aliphatic carbocycles. The van der Waals surface area contributed by atoms with E-state index in [-0.39, 0.29) is 20.1 Å². The zero-order chi connectivity index (χ0) is 46.3. The maximum atomic E-state index is 6.47. The van der Waals surface area contributed by atoms with E-state index in [2.05, 4.69) is 210 Å². The fourth-order valence-corrected chi connectivity index (χ4v) is 9.63. The zero-order valence-electron chi connectivity index (χ0n) is 40.0. The summed E-state index contributed by atoms with van der Waals surface area (Å²) < 4.78 is 11.2. The molecule has 0 spiro atoms. The maximum absolute atomic E-state index is 6.47. The number of furan rings is 1. The van der Waals surface area contributed by atoms with Crippen molar-refractivity contribution >= 4 is 44.0 Å². The van der Waals surface area contributed by atoms with Gasteiger partial charge in [0.25, 0.3) is 0 Å². The minimum atomic E-state index is 0. The Labute approximate surface area is 413 Å². The summed E-state index contributed by atoms with van der Waals surface area (Å²) in [5, 5.41) is 2.18. The molecule has 1 radical (unpaired) electrons. The van der Waals surface area contributed by atoms with Gasteiger partial charge in [-0.3, -0.25) is 9.97 Å². The van der Waals surface area contributed by atoms with Crippen LogP contribution in [-0.4, -0.2) is 19.1 Å². The molecule has 5 nitrogen and oxygen atoms in total. The molecule has 0 bridgehead atoms. The van der Waals surface area contributed by atoms with Gasteiger partial charge in [-0.2, -0.15) is 0 Å². The van der Waals surface area contributed by atoms with Crippen LogP contribution in [0.25, 0.3) is 89.3 Å². The molecule has 0 atom stereocenters. The summed E-state index contributed by atoms with van der Waals surface area (Å²) in [6.45, 7) is 18.2. The van der Waals surface area contributed by atoms with Crippen LogP contribution < -0.4 is 0 Å². The molecule has 0 saturated carbocycles. The molecule has 68 heavy (non-hydrogen) atoms. The number of fused-ring (bicyclic) bond motifs is 5. The number of nitrogens with zero attached hydrogens (tertiary/aromatic N) is 4. The van der Waals surface area contributed by atoms with E-state index < -0.39 is 0 Å². The Morgan fingerprint density at radius 1 is 0.441 bits per heavy atom. The molecule has 0 N–H and O–H groups in total. The van der Waals surface area contributed by atoms with Gasteiger partial charge in [-0.15, -0.1) is 54.1 Å². The molecule has 3 heterocycles. The van der Waals surface area contributed by atoms with Gasteiger partial charge in [0.1, 0.15) is 5.58 Å². The number of rotatable bonds is 9. The van der Waals surface area contributed by atoms with Crippen molar-refractivity contribution in [2.75, 3.05) is 0 Å². The fraction of sp³-hybridized carbons (Fsp3) is 0.194. The van der Waals surface area contributed by atoms with Gasteiger partial charge in [0.05, 0.1) is 39.3 Å². The number of benzene rings is 8. The summed E-state index contributed by atoms with van der Waals surface area (Å²) in [5.41, 5.74) is 18.0. The number of hydrogen-bond donors (Lipinski definition) is 0. The van der Waals surface area contributed by atoms with E-state index >= 15 is 0 Å². The second kappa shape index (κ2) is 19.4. The Kier molecular flexibility index (Phi) is 13.2. The average molecular weight is 1070 g/mol. The normalized spacial score (nSPS) is 11.6. The first-order valence-corrected chi connectivity index (χ1v) is 23.7. The van der Waals surface area contributed by atoms with E-state index in [1.165, 1.54) is 44.8 Å². The molecule has 11 aromatic rings. The Morgan fingerprint density at radius 2 is 0.971 bits per heavy atom. The van der Waals surface area contributed by atoms with Gasteiger partial charge >= 0.3 is 0 Å². The topological polar surface area (TPSA) is 48.8 Å². The van der Waals surface area contributed by atoms with Gasteiger partial charge in [0.2, 0.25) is 0 Å². The van der Waals surface area contributed by atoms with Crippen LogP contribution in [0.15, 0.2) is 174 Å². The van der Waals surface area contributed by atoms with Crippen LogP contribution in [0.4, 0.5) is 0 Å². The maximum Gasteiger partial charge on any atom is 0.120 e. The van der Waals surface area contributed by atoms with Crippen molar-refractivity contribution in [2.45, 2.75) is 79.1 Å². The molecule has 0 saturated heterocycles. The first kappa shape index (κ1) is 46.3. The molecule has 3 aromatic heterocycles. The molecule has 0 aliphatic heterocycles. The third kappa shape index (κ3) is 8.42. The summed E-state index contributed by atoms with van der Waals surface area (Å²) in [6, 6.07) is 66.2. The minimum Gasteiger partial charge on any atom is -0.501 e. The molecule has 341 valence electrons. The van der Waals surface area contributed by atoms with Gasteiger partial charge in [-0.25, -0.2) is 0 Å². The largest absolute Gasteiger partial charge is 0.501 e. The number of imidazole rings is 2. The molecule has 0 fully saturated rings. The third-order valence-electron chi connectivity index (χ3n) is 12.9. The van der Waals surface area contributed by atoms with Gasteiger partial charge in [-0.1, -0.05) is 157 Å². The van der Waals surface area contributed by atoms with E-state index in [4.69, 9.17) is 14.4 Å². The minimum absolute atomic E-state index is 0. The van der Waals surface area contributed by atoms with Crippen molar-refractivity contribution in [3.63, 3.8) is 0 Å². The number of hydrogen-bond acceptors (Lipinski definition) is 3. The van der Waals surface area contributed by atoms with E-state index in [1.807, 2.05) is 36.4 Å². The molecule has 0 aliphatic rings. The van der Waals surface area contributed by atoms with Gasteiger partial charge < -0.3 is 13.6 Å². The molecular formula is C62H56IrN4O-2. The molecule has 6 heteroatoms.